The van der Waals surface area contributed by atoms with E-state index in [-0.39, 0.29) is 0 Å². The molecule has 0 heterocycles. The maximum absolute atomic E-state index is 4.23. The number of likely N-dealkylation sites (N-methyl/N-ethyl adjacent to an activating group) is 1. The van der Waals surface area contributed by atoms with Crippen LogP contribution in [0.4, 0.5) is 0 Å². The van der Waals surface area contributed by atoms with Gasteiger partial charge in [-0.1, -0.05) is 56.4 Å². The second-order valence-electron chi connectivity index (χ2n) is 9.37. The fourth-order valence-electron chi connectivity index (χ4n) is 4.57. The molecule has 1 saturated carbocycles. The summed E-state index contributed by atoms with van der Waals surface area (Å²) in [6.45, 7) is 14.1. The predicted molar refractivity (Wildman–Crippen MR) is 142 cm³/mol. The monoisotopic (exact) mass is 443 g/mol. The maximum atomic E-state index is 4.23. The van der Waals surface area contributed by atoms with E-state index in [0.29, 0.717) is 11.4 Å². The summed E-state index contributed by atoms with van der Waals surface area (Å²) in [6.07, 6.45) is 13.3. The Bertz CT molecular complexity index is 694. The number of nitrogens with one attached hydrogen (secondary N) is 3. The summed E-state index contributed by atoms with van der Waals surface area (Å²) in [4.78, 5) is 0. The second kappa shape index (κ2) is 14.2. The van der Waals surface area contributed by atoms with Gasteiger partial charge in [-0.2, -0.15) is 0 Å². The van der Waals surface area contributed by atoms with Crippen molar-refractivity contribution in [3.63, 3.8) is 0 Å². The maximum Gasteiger partial charge on any atom is 0.0567 e. The quantitative estimate of drug-likeness (QED) is 0.259. The molecule has 1 fully saturated rings. The van der Waals surface area contributed by atoms with Crippen molar-refractivity contribution in [1.29, 1.82) is 0 Å². The SMILES string of the molecule is C=C(C)c1cccc(CC(NC)SC)c1/C=C/CC1CCC(CNCCNC(C)C)C1. The van der Waals surface area contributed by atoms with Crippen molar-refractivity contribution in [3.05, 3.63) is 47.5 Å². The molecule has 0 aliphatic heterocycles. The van der Waals surface area contributed by atoms with Crippen LogP contribution in [0.1, 0.15) is 63.1 Å². The molecule has 3 atom stereocenters. The highest BCUT2D eigenvalue weighted by atomic mass is 32.2. The molecule has 0 radical (unpaired) electrons. The largest absolute Gasteiger partial charge is 0.315 e. The molecule has 3 N–H and O–H groups in total. The van der Waals surface area contributed by atoms with E-state index < -0.39 is 0 Å². The molecule has 0 spiro atoms. The Kier molecular flexibility index (Phi) is 12.0. The van der Waals surface area contributed by atoms with Gasteiger partial charge in [0.25, 0.3) is 0 Å². The van der Waals surface area contributed by atoms with Crippen LogP contribution >= 0.6 is 11.8 Å². The average Bonchev–Trinajstić information content (AvgIpc) is 3.19. The molecule has 0 aromatic heterocycles. The molecule has 0 saturated heterocycles. The molecule has 1 aromatic rings. The van der Waals surface area contributed by atoms with Gasteiger partial charge >= 0.3 is 0 Å². The standard InChI is InChI=1S/C27H45N3S/c1-20(2)25-11-8-10-24(18-27(28-5)31-6)26(25)12-7-9-22-13-14-23(17-22)19-29-15-16-30-21(3)4/h7-8,10-12,21-23,27-30H,1,9,13-19H2,2-6H3/b12-7+. The minimum absolute atomic E-state index is 0.436. The fraction of sp³-hybridized carbons (Fsp3) is 0.630. The van der Waals surface area contributed by atoms with Crippen molar-refractivity contribution in [2.75, 3.05) is 32.9 Å². The topological polar surface area (TPSA) is 36.1 Å². The molecule has 3 nitrogen and oxygen atoms in total. The molecule has 4 heteroatoms. The van der Waals surface area contributed by atoms with E-state index in [2.05, 4.69) is 79.9 Å². The first kappa shape index (κ1) is 26.2. The summed E-state index contributed by atoms with van der Waals surface area (Å²) < 4.78 is 0. The van der Waals surface area contributed by atoms with Crippen molar-refractivity contribution in [3.8, 4) is 0 Å². The minimum Gasteiger partial charge on any atom is -0.315 e. The van der Waals surface area contributed by atoms with Gasteiger partial charge in [-0.15, -0.1) is 11.8 Å². The third kappa shape index (κ3) is 9.13. The Morgan fingerprint density at radius 3 is 2.68 bits per heavy atom. The predicted octanol–water partition coefficient (Wildman–Crippen LogP) is 5.58. The molecular weight excluding hydrogens is 398 g/mol. The van der Waals surface area contributed by atoms with E-state index in [1.54, 1.807) is 0 Å². The molecule has 31 heavy (non-hydrogen) atoms. The van der Waals surface area contributed by atoms with Gasteiger partial charge in [0.15, 0.2) is 0 Å². The molecule has 0 bridgehead atoms. The third-order valence-corrected chi connectivity index (χ3v) is 7.33. The van der Waals surface area contributed by atoms with E-state index in [4.69, 9.17) is 0 Å². The average molecular weight is 444 g/mol. The Hall–Kier alpha value is -1.07. The molecule has 2 rings (SSSR count). The lowest BCUT2D eigenvalue weighted by Gasteiger charge is -2.17. The van der Waals surface area contributed by atoms with Crippen LogP contribution in [-0.4, -0.2) is 44.4 Å². The van der Waals surface area contributed by atoms with Crippen LogP contribution < -0.4 is 16.0 Å². The van der Waals surface area contributed by atoms with Crippen LogP contribution in [0, 0.1) is 11.8 Å². The zero-order valence-corrected chi connectivity index (χ0v) is 21.3. The summed E-state index contributed by atoms with van der Waals surface area (Å²) in [7, 11) is 2.05. The first-order chi connectivity index (χ1) is 14.9. The van der Waals surface area contributed by atoms with Gasteiger partial charge in [0.2, 0.25) is 0 Å². The van der Waals surface area contributed by atoms with Crippen molar-refractivity contribution in [2.45, 2.75) is 64.3 Å². The molecule has 3 unspecified atom stereocenters. The van der Waals surface area contributed by atoms with Gasteiger partial charge in [0, 0.05) is 19.1 Å². The second-order valence-corrected chi connectivity index (χ2v) is 10.4. The van der Waals surface area contributed by atoms with Crippen LogP contribution in [0.25, 0.3) is 11.6 Å². The highest BCUT2D eigenvalue weighted by Crippen LogP contribution is 2.33. The highest BCUT2D eigenvalue weighted by molar-refractivity contribution is 7.99. The molecule has 174 valence electrons. The Morgan fingerprint density at radius 2 is 2.00 bits per heavy atom. The summed E-state index contributed by atoms with van der Waals surface area (Å²) >= 11 is 1.88. The Labute approximate surface area is 195 Å². The fourth-order valence-corrected chi connectivity index (χ4v) is 5.16. The number of thioether (sulfide) groups is 1. The Balaban J connectivity index is 1.90. The minimum atomic E-state index is 0.436. The van der Waals surface area contributed by atoms with Crippen molar-refractivity contribution >= 4 is 23.4 Å². The van der Waals surface area contributed by atoms with Crippen molar-refractivity contribution < 1.29 is 0 Å². The number of benzene rings is 1. The summed E-state index contributed by atoms with van der Waals surface area (Å²) in [5, 5.41) is 11.0. The summed E-state index contributed by atoms with van der Waals surface area (Å²) in [5.74, 6) is 1.67. The van der Waals surface area contributed by atoms with Gasteiger partial charge in [-0.25, -0.2) is 0 Å². The number of hydrogen-bond acceptors (Lipinski definition) is 4. The van der Waals surface area contributed by atoms with E-state index in [1.165, 1.54) is 48.9 Å². The number of allylic oxidation sites excluding steroid dienone is 2. The summed E-state index contributed by atoms with van der Waals surface area (Å²) in [5.41, 5.74) is 5.20. The summed E-state index contributed by atoms with van der Waals surface area (Å²) in [6, 6.07) is 7.24. The lowest BCUT2D eigenvalue weighted by atomic mass is 9.93. The van der Waals surface area contributed by atoms with E-state index in [1.807, 2.05) is 18.8 Å². The van der Waals surface area contributed by atoms with Crippen molar-refractivity contribution in [2.24, 2.45) is 11.8 Å². The van der Waals surface area contributed by atoms with Crippen LogP contribution in [-0.2, 0) is 6.42 Å². The molecule has 1 aliphatic rings. The molecule has 0 amide bonds. The lowest BCUT2D eigenvalue weighted by molar-refractivity contribution is 0.453. The van der Waals surface area contributed by atoms with Crippen LogP contribution in [0.2, 0.25) is 0 Å². The third-order valence-electron chi connectivity index (χ3n) is 6.36. The van der Waals surface area contributed by atoms with E-state index in [0.717, 1.165) is 36.9 Å². The lowest BCUT2D eigenvalue weighted by Crippen LogP contribution is -2.33. The van der Waals surface area contributed by atoms with Gasteiger partial charge < -0.3 is 16.0 Å². The normalized spacial score (nSPS) is 20.1. The molecular formula is C27H45N3S. The number of rotatable bonds is 14. The molecule has 1 aromatic carbocycles. The first-order valence-electron chi connectivity index (χ1n) is 12.0. The van der Waals surface area contributed by atoms with Crippen LogP contribution in [0.5, 0.6) is 0 Å². The van der Waals surface area contributed by atoms with Gasteiger partial charge in [-0.05, 0) is 87.4 Å². The zero-order chi connectivity index (χ0) is 22.6. The first-order valence-corrected chi connectivity index (χ1v) is 13.3. The molecule has 1 aliphatic carbocycles. The van der Waals surface area contributed by atoms with E-state index in [9.17, 15) is 0 Å². The zero-order valence-electron chi connectivity index (χ0n) is 20.5. The van der Waals surface area contributed by atoms with Gasteiger partial charge in [0.1, 0.15) is 0 Å². The number of hydrogen-bond donors (Lipinski definition) is 3. The van der Waals surface area contributed by atoms with Gasteiger partial charge in [0.05, 0.1) is 5.37 Å². The van der Waals surface area contributed by atoms with Crippen LogP contribution in [0.3, 0.4) is 0 Å². The Morgan fingerprint density at radius 1 is 1.23 bits per heavy atom. The van der Waals surface area contributed by atoms with Crippen molar-refractivity contribution in [1.82, 2.24) is 16.0 Å². The van der Waals surface area contributed by atoms with Crippen LogP contribution in [0.15, 0.2) is 30.9 Å². The smallest absolute Gasteiger partial charge is 0.0567 e. The highest BCUT2D eigenvalue weighted by Gasteiger charge is 2.23. The van der Waals surface area contributed by atoms with E-state index >= 15 is 0 Å². The van der Waals surface area contributed by atoms with Gasteiger partial charge in [-0.3, -0.25) is 0 Å².